The lowest BCUT2D eigenvalue weighted by Gasteiger charge is -2.34. The first-order valence-corrected chi connectivity index (χ1v) is 7.74. The summed E-state index contributed by atoms with van der Waals surface area (Å²) in [5.74, 6) is 1.78. The molecule has 20 heavy (non-hydrogen) atoms. The van der Waals surface area contributed by atoms with E-state index in [-0.39, 0.29) is 0 Å². The molecule has 0 saturated carbocycles. The summed E-state index contributed by atoms with van der Waals surface area (Å²) in [6.07, 6.45) is 3.71. The molecule has 2 unspecified atom stereocenters. The zero-order valence-electron chi connectivity index (χ0n) is 13.1. The van der Waals surface area contributed by atoms with Crippen molar-refractivity contribution in [3.05, 3.63) is 29.8 Å². The van der Waals surface area contributed by atoms with Crippen LogP contribution in [0.5, 0.6) is 5.75 Å². The van der Waals surface area contributed by atoms with E-state index in [0.717, 1.165) is 24.6 Å². The molecule has 112 valence electrons. The summed E-state index contributed by atoms with van der Waals surface area (Å²) in [5.41, 5.74) is 1.29. The van der Waals surface area contributed by atoms with Crippen LogP contribution >= 0.6 is 0 Å². The van der Waals surface area contributed by atoms with Gasteiger partial charge in [-0.15, -0.1) is 0 Å². The lowest BCUT2D eigenvalue weighted by molar-refractivity contribution is 0.179. The fraction of sp³-hybridized carbons (Fsp3) is 0.647. The van der Waals surface area contributed by atoms with Crippen molar-refractivity contribution in [2.45, 2.75) is 32.2 Å². The molecule has 1 aromatic rings. The summed E-state index contributed by atoms with van der Waals surface area (Å²) in [6, 6.07) is 8.88. The van der Waals surface area contributed by atoms with Crippen LogP contribution in [0.3, 0.4) is 0 Å². The average molecular weight is 276 g/mol. The van der Waals surface area contributed by atoms with E-state index < -0.39 is 0 Å². The second kappa shape index (κ2) is 7.65. The minimum atomic E-state index is 0.590. The Bertz CT molecular complexity index is 408. The molecular formula is C17H28N2O. The summed E-state index contributed by atoms with van der Waals surface area (Å²) in [5, 5.41) is 3.69. The zero-order chi connectivity index (χ0) is 14.4. The first-order valence-electron chi connectivity index (χ1n) is 7.74. The van der Waals surface area contributed by atoms with Gasteiger partial charge in [0.25, 0.3) is 0 Å². The molecule has 2 rings (SSSR count). The topological polar surface area (TPSA) is 24.5 Å². The monoisotopic (exact) mass is 276 g/mol. The van der Waals surface area contributed by atoms with Gasteiger partial charge in [-0.05, 0) is 63.9 Å². The number of methoxy groups -OCH3 is 1. The van der Waals surface area contributed by atoms with Crippen molar-refractivity contribution in [3.8, 4) is 5.75 Å². The fourth-order valence-corrected chi connectivity index (χ4v) is 3.13. The third-order valence-corrected chi connectivity index (χ3v) is 4.42. The van der Waals surface area contributed by atoms with Gasteiger partial charge in [0.05, 0.1) is 7.11 Å². The van der Waals surface area contributed by atoms with Crippen LogP contribution in [-0.4, -0.2) is 44.7 Å². The zero-order valence-corrected chi connectivity index (χ0v) is 13.1. The van der Waals surface area contributed by atoms with E-state index in [2.05, 4.69) is 36.3 Å². The predicted molar refractivity (Wildman–Crippen MR) is 84.4 cm³/mol. The molecule has 1 aromatic carbocycles. The highest BCUT2D eigenvalue weighted by atomic mass is 16.5. The number of nitrogens with one attached hydrogen (secondary N) is 1. The highest BCUT2D eigenvalue weighted by Gasteiger charge is 2.22. The number of likely N-dealkylation sites (tertiary alicyclic amines) is 1. The number of rotatable bonds is 6. The molecule has 0 aliphatic carbocycles. The molecule has 0 aromatic heterocycles. The summed E-state index contributed by atoms with van der Waals surface area (Å²) in [4.78, 5) is 2.45. The van der Waals surface area contributed by atoms with Crippen molar-refractivity contribution in [3.63, 3.8) is 0 Å². The van der Waals surface area contributed by atoms with Crippen LogP contribution < -0.4 is 10.1 Å². The van der Waals surface area contributed by atoms with Crippen molar-refractivity contribution in [2.24, 2.45) is 5.92 Å². The highest BCUT2D eigenvalue weighted by molar-refractivity contribution is 5.33. The molecule has 0 amide bonds. The Morgan fingerprint density at radius 2 is 2.20 bits per heavy atom. The predicted octanol–water partition coefficient (Wildman–Crippen LogP) is 2.56. The summed E-state index contributed by atoms with van der Waals surface area (Å²) >= 11 is 0. The average Bonchev–Trinajstić information content (AvgIpc) is 2.47. The maximum absolute atomic E-state index is 5.40. The van der Waals surface area contributed by atoms with Crippen molar-refractivity contribution in [1.29, 1.82) is 0 Å². The molecule has 1 heterocycles. The van der Waals surface area contributed by atoms with E-state index in [4.69, 9.17) is 4.74 Å². The lowest BCUT2D eigenvalue weighted by Crippen LogP contribution is -2.43. The van der Waals surface area contributed by atoms with Crippen molar-refractivity contribution < 1.29 is 4.74 Å². The SMILES string of the molecule is COc1ccccc1CCNC(C)C1CCCN(C)C1. The van der Waals surface area contributed by atoms with Gasteiger partial charge in [-0.25, -0.2) is 0 Å². The Labute approximate surface area is 123 Å². The molecule has 0 bridgehead atoms. The maximum atomic E-state index is 5.40. The van der Waals surface area contributed by atoms with Crippen LogP contribution in [0, 0.1) is 5.92 Å². The van der Waals surface area contributed by atoms with Crippen molar-refractivity contribution >= 4 is 0 Å². The van der Waals surface area contributed by atoms with Crippen molar-refractivity contribution in [1.82, 2.24) is 10.2 Å². The van der Waals surface area contributed by atoms with Gasteiger partial charge >= 0.3 is 0 Å². The number of ether oxygens (including phenoxy) is 1. The number of nitrogens with zero attached hydrogens (tertiary/aromatic N) is 1. The minimum absolute atomic E-state index is 0.590. The van der Waals surface area contributed by atoms with E-state index in [1.54, 1.807) is 7.11 Å². The molecule has 1 aliphatic heterocycles. The summed E-state index contributed by atoms with van der Waals surface area (Å²) in [7, 11) is 3.97. The van der Waals surface area contributed by atoms with Gasteiger partial charge in [0.15, 0.2) is 0 Å². The summed E-state index contributed by atoms with van der Waals surface area (Å²) < 4.78 is 5.40. The highest BCUT2D eigenvalue weighted by Crippen LogP contribution is 2.20. The quantitative estimate of drug-likeness (QED) is 0.864. The third-order valence-electron chi connectivity index (χ3n) is 4.42. The van der Waals surface area contributed by atoms with Gasteiger partial charge in [0, 0.05) is 12.6 Å². The molecule has 3 heteroatoms. The number of hydrogen-bond donors (Lipinski definition) is 1. The number of hydrogen-bond acceptors (Lipinski definition) is 3. The molecule has 0 radical (unpaired) electrons. The molecule has 1 N–H and O–H groups in total. The van der Waals surface area contributed by atoms with Gasteiger partial charge in [-0.3, -0.25) is 0 Å². The van der Waals surface area contributed by atoms with Crippen molar-refractivity contribution in [2.75, 3.05) is 33.8 Å². The molecular weight excluding hydrogens is 248 g/mol. The van der Waals surface area contributed by atoms with Gasteiger partial charge in [-0.2, -0.15) is 0 Å². The largest absolute Gasteiger partial charge is 0.496 e. The van der Waals surface area contributed by atoms with E-state index in [1.165, 1.54) is 31.5 Å². The molecule has 1 fully saturated rings. The lowest BCUT2D eigenvalue weighted by atomic mass is 9.92. The number of piperidine rings is 1. The number of para-hydroxylation sites is 1. The van der Waals surface area contributed by atoms with Crippen LogP contribution in [0.25, 0.3) is 0 Å². The van der Waals surface area contributed by atoms with Gasteiger partial charge < -0.3 is 15.0 Å². The fourth-order valence-electron chi connectivity index (χ4n) is 3.13. The molecule has 1 saturated heterocycles. The minimum Gasteiger partial charge on any atom is -0.496 e. The van der Waals surface area contributed by atoms with Gasteiger partial charge in [-0.1, -0.05) is 18.2 Å². The Kier molecular flexibility index (Phi) is 5.86. The van der Waals surface area contributed by atoms with E-state index in [1.807, 2.05) is 12.1 Å². The van der Waals surface area contributed by atoms with Gasteiger partial charge in [0.2, 0.25) is 0 Å². The Balaban J connectivity index is 1.77. The summed E-state index contributed by atoms with van der Waals surface area (Å²) in [6.45, 7) is 5.82. The standard InChI is InChI=1S/C17H28N2O/c1-14(16-8-6-12-19(2)13-16)18-11-10-15-7-4-5-9-17(15)20-3/h4-5,7,9,14,16,18H,6,8,10-13H2,1-3H3. The first-order chi connectivity index (χ1) is 9.70. The first kappa shape index (κ1) is 15.3. The van der Waals surface area contributed by atoms with E-state index in [0.29, 0.717) is 6.04 Å². The Hall–Kier alpha value is -1.06. The Morgan fingerprint density at radius 3 is 2.95 bits per heavy atom. The van der Waals surface area contributed by atoms with Crippen LogP contribution in [0.2, 0.25) is 0 Å². The number of benzene rings is 1. The van der Waals surface area contributed by atoms with E-state index >= 15 is 0 Å². The maximum Gasteiger partial charge on any atom is 0.122 e. The van der Waals surface area contributed by atoms with Crippen LogP contribution in [0.1, 0.15) is 25.3 Å². The normalized spacial score (nSPS) is 21.6. The van der Waals surface area contributed by atoms with E-state index in [9.17, 15) is 0 Å². The van der Waals surface area contributed by atoms with Gasteiger partial charge in [0.1, 0.15) is 5.75 Å². The van der Waals surface area contributed by atoms with Crippen LogP contribution in [-0.2, 0) is 6.42 Å². The molecule has 1 aliphatic rings. The Morgan fingerprint density at radius 1 is 1.40 bits per heavy atom. The second-order valence-electron chi connectivity index (χ2n) is 5.97. The second-order valence-corrected chi connectivity index (χ2v) is 5.97. The molecule has 0 spiro atoms. The van der Waals surface area contributed by atoms with Crippen LogP contribution in [0.4, 0.5) is 0 Å². The molecule has 3 nitrogen and oxygen atoms in total. The smallest absolute Gasteiger partial charge is 0.122 e. The third kappa shape index (κ3) is 4.22. The molecule has 2 atom stereocenters. The van der Waals surface area contributed by atoms with Crippen LogP contribution in [0.15, 0.2) is 24.3 Å².